The Morgan fingerprint density at radius 1 is 1.33 bits per heavy atom. The Morgan fingerprint density at radius 3 is 2.85 bits per heavy atom. The lowest BCUT2D eigenvalue weighted by Gasteiger charge is -2.21. The monoisotopic (exact) mass is 499 g/mol. The van der Waals surface area contributed by atoms with Gasteiger partial charge in [-0.1, -0.05) is 18.2 Å². The van der Waals surface area contributed by atoms with Gasteiger partial charge in [-0.3, -0.25) is 9.67 Å². The van der Waals surface area contributed by atoms with Crippen LogP contribution in [0.5, 0.6) is 0 Å². The van der Waals surface area contributed by atoms with Crippen molar-refractivity contribution >= 4 is 41.7 Å². The zero-order valence-corrected chi connectivity index (χ0v) is 19.3. The van der Waals surface area contributed by atoms with Crippen LogP contribution in [0.2, 0.25) is 0 Å². The van der Waals surface area contributed by atoms with E-state index < -0.39 is 0 Å². The fourth-order valence-corrected chi connectivity index (χ4v) is 4.22. The molecule has 1 aliphatic rings. The van der Waals surface area contributed by atoms with Crippen molar-refractivity contribution in [1.82, 2.24) is 20.0 Å². The molecule has 0 saturated carbocycles. The Balaban J connectivity index is 0.00000261. The Labute approximate surface area is 184 Å². The molecule has 7 heteroatoms. The van der Waals surface area contributed by atoms with Crippen molar-refractivity contribution in [1.29, 1.82) is 0 Å². The smallest absolute Gasteiger partial charge is 0.193 e. The molecule has 1 atom stereocenters. The minimum atomic E-state index is 0. The number of nitrogens with zero attached hydrogens (tertiary/aromatic N) is 4. The first-order chi connectivity index (χ1) is 12.7. The van der Waals surface area contributed by atoms with E-state index in [2.05, 4.69) is 65.7 Å². The fourth-order valence-electron chi connectivity index (χ4n) is 3.17. The molecular weight excluding hydrogens is 469 g/mol. The third kappa shape index (κ3) is 7.03. The molecule has 1 aliphatic heterocycles. The Morgan fingerprint density at radius 2 is 2.15 bits per heavy atom. The minimum absolute atomic E-state index is 0. The van der Waals surface area contributed by atoms with E-state index in [-0.39, 0.29) is 24.0 Å². The van der Waals surface area contributed by atoms with Crippen LogP contribution in [0.15, 0.2) is 52.6 Å². The van der Waals surface area contributed by atoms with E-state index >= 15 is 0 Å². The van der Waals surface area contributed by atoms with Crippen LogP contribution in [-0.2, 0) is 6.54 Å². The molecule has 0 aliphatic carbocycles. The van der Waals surface area contributed by atoms with E-state index in [0.717, 1.165) is 44.6 Å². The number of halogens is 1. The highest BCUT2D eigenvalue weighted by molar-refractivity contribution is 14.0. The molecule has 2 heterocycles. The van der Waals surface area contributed by atoms with Crippen LogP contribution in [0.4, 0.5) is 0 Å². The second-order valence-corrected chi connectivity index (χ2v) is 7.83. The number of rotatable bonds is 7. The Kier molecular flexibility index (Phi) is 9.47. The highest BCUT2D eigenvalue weighted by atomic mass is 127. The van der Waals surface area contributed by atoms with E-state index in [1.54, 1.807) is 0 Å². The molecule has 2 aromatic rings. The van der Waals surface area contributed by atoms with E-state index in [1.807, 2.05) is 22.6 Å². The molecule has 27 heavy (non-hydrogen) atoms. The number of likely N-dealkylation sites (tertiary alicyclic amines) is 1. The van der Waals surface area contributed by atoms with Crippen molar-refractivity contribution < 1.29 is 0 Å². The Bertz CT molecular complexity index is 703. The topological polar surface area (TPSA) is 45.5 Å². The van der Waals surface area contributed by atoms with Gasteiger partial charge in [0.25, 0.3) is 0 Å². The largest absolute Gasteiger partial charge is 0.357 e. The van der Waals surface area contributed by atoms with Gasteiger partial charge in [0.1, 0.15) is 0 Å². The second-order valence-electron chi connectivity index (χ2n) is 6.74. The number of aromatic nitrogens is 2. The van der Waals surface area contributed by atoms with Crippen molar-refractivity contribution in [2.45, 2.75) is 31.7 Å². The summed E-state index contributed by atoms with van der Waals surface area (Å²) in [4.78, 5) is 8.59. The van der Waals surface area contributed by atoms with Crippen LogP contribution in [0.25, 0.3) is 0 Å². The number of aryl methyl sites for hydroxylation is 1. The van der Waals surface area contributed by atoms with Crippen LogP contribution in [-0.4, -0.2) is 52.6 Å². The molecule has 0 bridgehead atoms. The van der Waals surface area contributed by atoms with Crippen molar-refractivity contribution in [3.8, 4) is 0 Å². The van der Waals surface area contributed by atoms with Crippen LogP contribution in [0, 0.1) is 12.8 Å². The first kappa shape index (κ1) is 22.1. The number of benzene rings is 1. The van der Waals surface area contributed by atoms with Crippen LogP contribution in [0.3, 0.4) is 0 Å². The molecule has 1 fully saturated rings. The SMILES string of the molecule is CCNC(=NCCn1cc(C)cn1)N1CCC(CSc2ccccc2)C1.I. The summed E-state index contributed by atoms with van der Waals surface area (Å²) < 4.78 is 1.96. The van der Waals surface area contributed by atoms with Gasteiger partial charge in [0.2, 0.25) is 0 Å². The number of hydrogen-bond donors (Lipinski definition) is 1. The number of aliphatic imine (C=N–C) groups is 1. The van der Waals surface area contributed by atoms with Crippen LogP contribution in [0.1, 0.15) is 18.9 Å². The van der Waals surface area contributed by atoms with Gasteiger partial charge < -0.3 is 10.2 Å². The minimum Gasteiger partial charge on any atom is -0.357 e. The zero-order valence-electron chi connectivity index (χ0n) is 16.2. The average Bonchev–Trinajstić information content (AvgIpc) is 3.29. The highest BCUT2D eigenvalue weighted by Gasteiger charge is 2.24. The predicted octanol–water partition coefficient (Wildman–Crippen LogP) is 3.89. The van der Waals surface area contributed by atoms with Gasteiger partial charge in [-0.25, -0.2) is 0 Å². The summed E-state index contributed by atoms with van der Waals surface area (Å²) in [5.74, 6) is 2.94. The summed E-state index contributed by atoms with van der Waals surface area (Å²) >= 11 is 1.96. The number of guanidine groups is 1. The maximum absolute atomic E-state index is 4.82. The van der Waals surface area contributed by atoms with Gasteiger partial charge >= 0.3 is 0 Å². The maximum atomic E-state index is 4.82. The maximum Gasteiger partial charge on any atom is 0.193 e. The molecule has 5 nitrogen and oxygen atoms in total. The quantitative estimate of drug-likeness (QED) is 0.272. The van der Waals surface area contributed by atoms with Crippen molar-refractivity contribution in [3.63, 3.8) is 0 Å². The summed E-state index contributed by atoms with van der Waals surface area (Å²) in [5, 5.41) is 7.78. The summed E-state index contributed by atoms with van der Waals surface area (Å²) in [6.07, 6.45) is 5.20. The molecule has 1 aromatic carbocycles. The molecule has 0 spiro atoms. The van der Waals surface area contributed by atoms with Crippen molar-refractivity contribution in [3.05, 3.63) is 48.3 Å². The first-order valence-electron chi connectivity index (χ1n) is 9.44. The molecular formula is C20H30IN5S. The van der Waals surface area contributed by atoms with Gasteiger partial charge in [0.15, 0.2) is 5.96 Å². The predicted molar refractivity (Wildman–Crippen MR) is 125 cm³/mol. The zero-order chi connectivity index (χ0) is 18.2. The molecule has 3 rings (SSSR count). The standard InChI is InChI=1S/C20H29N5S.HI/c1-3-21-20(22-10-12-25-14-17(2)13-23-25)24-11-9-18(15-24)16-26-19-7-5-4-6-8-19;/h4-8,13-14,18H,3,9-12,15-16H2,1-2H3,(H,21,22);1H. The van der Waals surface area contributed by atoms with Crippen molar-refractivity contribution in [2.75, 3.05) is 31.9 Å². The lowest BCUT2D eigenvalue weighted by atomic mass is 10.2. The van der Waals surface area contributed by atoms with Gasteiger partial charge in [0, 0.05) is 36.5 Å². The molecule has 0 radical (unpaired) electrons. The van der Waals surface area contributed by atoms with E-state index in [4.69, 9.17) is 4.99 Å². The van der Waals surface area contributed by atoms with Gasteiger partial charge in [0.05, 0.1) is 19.3 Å². The summed E-state index contributed by atoms with van der Waals surface area (Å²) in [6.45, 7) is 8.85. The Hall–Kier alpha value is -1.22. The lowest BCUT2D eigenvalue weighted by Crippen LogP contribution is -2.40. The summed E-state index contributed by atoms with van der Waals surface area (Å²) in [5.41, 5.74) is 1.19. The van der Waals surface area contributed by atoms with Gasteiger partial charge in [-0.2, -0.15) is 5.10 Å². The van der Waals surface area contributed by atoms with Gasteiger partial charge in [-0.05, 0) is 43.9 Å². The average molecular weight is 499 g/mol. The molecule has 148 valence electrons. The van der Waals surface area contributed by atoms with Crippen LogP contribution < -0.4 is 5.32 Å². The normalized spacial score (nSPS) is 17.0. The number of hydrogen-bond acceptors (Lipinski definition) is 3. The summed E-state index contributed by atoms with van der Waals surface area (Å²) in [7, 11) is 0. The molecule has 1 saturated heterocycles. The lowest BCUT2D eigenvalue weighted by molar-refractivity contribution is 0.472. The fraction of sp³-hybridized carbons (Fsp3) is 0.500. The molecule has 1 unspecified atom stereocenters. The second kappa shape index (κ2) is 11.6. The molecule has 0 amide bonds. The first-order valence-corrected chi connectivity index (χ1v) is 10.4. The molecule has 1 N–H and O–H groups in total. The third-order valence-corrected chi connectivity index (χ3v) is 5.75. The van der Waals surface area contributed by atoms with Gasteiger partial charge in [-0.15, -0.1) is 35.7 Å². The number of thioether (sulfide) groups is 1. The van der Waals surface area contributed by atoms with Crippen LogP contribution >= 0.6 is 35.7 Å². The summed E-state index contributed by atoms with van der Waals surface area (Å²) in [6, 6.07) is 10.7. The van der Waals surface area contributed by atoms with E-state index in [9.17, 15) is 0 Å². The number of nitrogens with one attached hydrogen (secondary N) is 1. The van der Waals surface area contributed by atoms with Crippen molar-refractivity contribution in [2.24, 2.45) is 10.9 Å². The van der Waals surface area contributed by atoms with E-state index in [0.29, 0.717) is 0 Å². The molecule has 1 aromatic heterocycles. The third-order valence-electron chi connectivity index (χ3n) is 4.50. The highest BCUT2D eigenvalue weighted by Crippen LogP contribution is 2.25. The van der Waals surface area contributed by atoms with E-state index in [1.165, 1.54) is 22.6 Å².